The minimum Gasteiger partial charge on any atom is -0.309 e. The van der Waals surface area contributed by atoms with Gasteiger partial charge in [0.05, 0.1) is 66.2 Å². The number of aromatic nitrogens is 6. The molecule has 702 valence electrons. The molecule has 6 heteroatoms. The lowest BCUT2D eigenvalue weighted by Crippen LogP contribution is -1.94. The number of benzene rings is 24. The van der Waals surface area contributed by atoms with Gasteiger partial charge in [0.1, 0.15) is 0 Å². The summed E-state index contributed by atoms with van der Waals surface area (Å²) >= 11 is 0. The topological polar surface area (TPSA) is 29.6 Å². The van der Waals surface area contributed by atoms with Crippen molar-refractivity contribution in [3.8, 4) is 134 Å². The fourth-order valence-corrected chi connectivity index (χ4v) is 23.2. The molecule has 0 aliphatic rings. The van der Waals surface area contributed by atoms with Crippen molar-refractivity contribution in [2.45, 2.75) is 0 Å². The summed E-state index contributed by atoms with van der Waals surface area (Å²) in [5.74, 6) is 0. The predicted octanol–water partition coefficient (Wildman–Crippen LogP) is 38.6. The van der Waals surface area contributed by atoms with E-state index in [1.165, 1.54) is 231 Å². The van der Waals surface area contributed by atoms with E-state index in [1.54, 1.807) is 0 Å². The van der Waals surface area contributed by atoms with Crippen LogP contribution in [0.1, 0.15) is 0 Å². The summed E-state index contributed by atoms with van der Waals surface area (Å²) < 4.78 is 14.4. The molecular formula is C144H96N6. The van der Waals surface area contributed by atoms with Crippen molar-refractivity contribution in [2.24, 2.45) is 0 Å². The third-order valence-electron chi connectivity index (χ3n) is 30.4. The van der Waals surface area contributed by atoms with Gasteiger partial charge in [-0.25, -0.2) is 0 Å². The maximum atomic E-state index is 2.40. The number of para-hydroxylation sites is 6. The molecule has 6 nitrogen and oxygen atoms in total. The second kappa shape index (κ2) is 37.4. The summed E-state index contributed by atoms with van der Waals surface area (Å²) in [4.78, 5) is 0. The summed E-state index contributed by atoms with van der Waals surface area (Å²) in [7, 11) is 0. The lowest BCUT2D eigenvalue weighted by atomic mass is 10.0. The molecule has 0 unspecified atom stereocenters. The number of rotatable bonds is 15. The molecule has 30 rings (SSSR count). The summed E-state index contributed by atoms with van der Waals surface area (Å²) in [5, 5.41) is 15.1. The quantitative estimate of drug-likeness (QED) is 0.0979. The summed E-state index contributed by atoms with van der Waals surface area (Å²) in [6, 6.07) is 211. The Balaban J connectivity index is 0.000000108. The number of nitrogens with zero attached hydrogens (tertiary/aromatic N) is 6. The highest BCUT2D eigenvalue weighted by Gasteiger charge is 2.24. The molecule has 0 saturated carbocycles. The van der Waals surface area contributed by atoms with Crippen LogP contribution in [0.15, 0.2) is 582 Å². The van der Waals surface area contributed by atoms with Gasteiger partial charge in [-0.05, 0) is 270 Å². The molecule has 0 N–H and O–H groups in total. The maximum absolute atomic E-state index is 2.40. The summed E-state index contributed by atoms with van der Waals surface area (Å²) in [6.07, 6.45) is 0. The lowest BCUT2D eigenvalue weighted by molar-refractivity contribution is 1.18. The molecule has 6 heterocycles. The fourth-order valence-electron chi connectivity index (χ4n) is 23.2. The van der Waals surface area contributed by atoms with Gasteiger partial charge in [0.2, 0.25) is 0 Å². The fraction of sp³-hybridized carbons (Fsp3) is 0. The SMILES string of the molecule is c1ccc(-c2ccc(-n3c4ccccc4c4cc(-c5ccc(-n6c7ccccc7c7cc(-c8ccccc8)ccc76)cc5)ccc43)cc2)cc1.c1ccc(-c2ccc(-n3c4ccccc4c4cc(-c5ccc(-n6c7ccccc7c7ccc(-c8ccccc8)cc76)cc5)ccc43)cc2)cc1.c1ccc(-c2cccc(-n3c4ccccc4c4cc(-c5ccc(-n6c7ccccc7c7ccc(-c8ccccc8)cc76)cc5)ccc43)c2)cc1. The van der Waals surface area contributed by atoms with E-state index >= 15 is 0 Å². The zero-order valence-electron chi connectivity index (χ0n) is 82.1. The Morgan fingerprint density at radius 2 is 0.227 bits per heavy atom. The number of hydrogen-bond acceptors (Lipinski definition) is 0. The van der Waals surface area contributed by atoms with Crippen molar-refractivity contribution >= 4 is 131 Å². The molecule has 0 fully saturated rings. The van der Waals surface area contributed by atoms with E-state index in [1.807, 2.05) is 0 Å². The van der Waals surface area contributed by atoms with Gasteiger partial charge in [-0.2, -0.15) is 0 Å². The normalized spacial score (nSPS) is 11.6. The van der Waals surface area contributed by atoms with Crippen molar-refractivity contribution in [3.05, 3.63) is 582 Å². The molecule has 150 heavy (non-hydrogen) atoms. The van der Waals surface area contributed by atoms with Gasteiger partial charge in [0, 0.05) is 98.8 Å². The molecule has 0 radical (unpaired) electrons. The average molecular weight is 1910 g/mol. The molecule has 0 atom stereocenters. The van der Waals surface area contributed by atoms with Gasteiger partial charge in [0.25, 0.3) is 0 Å². The molecular weight excluding hydrogens is 1810 g/mol. The van der Waals surface area contributed by atoms with Crippen LogP contribution in [0.5, 0.6) is 0 Å². The minimum absolute atomic E-state index is 1.15. The summed E-state index contributed by atoms with van der Waals surface area (Å²) in [5.41, 5.74) is 43.4. The number of fused-ring (bicyclic) bond motifs is 18. The summed E-state index contributed by atoms with van der Waals surface area (Å²) in [6.45, 7) is 0. The lowest BCUT2D eigenvalue weighted by Gasteiger charge is -2.11. The zero-order valence-corrected chi connectivity index (χ0v) is 82.1. The molecule has 0 amide bonds. The van der Waals surface area contributed by atoms with Crippen LogP contribution in [0.4, 0.5) is 0 Å². The highest BCUT2D eigenvalue weighted by atomic mass is 15.0. The Hall–Kier alpha value is -19.9. The van der Waals surface area contributed by atoms with E-state index in [2.05, 4.69) is 610 Å². The van der Waals surface area contributed by atoms with Crippen LogP contribution in [0, 0.1) is 0 Å². The minimum atomic E-state index is 1.15. The molecule has 0 aliphatic heterocycles. The molecule has 6 aromatic heterocycles. The zero-order chi connectivity index (χ0) is 99.1. The van der Waals surface area contributed by atoms with Gasteiger partial charge < -0.3 is 27.4 Å². The van der Waals surface area contributed by atoms with Crippen LogP contribution >= 0.6 is 0 Å². The van der Waals surface area contributed by atoms with Crippen molar-refractivity contribution in [3.63, 3.8) is 0 Å². The third-order valence-corrected chi connectivity index (χ3v) is 30.4. The van der Waals surface area contributed by atoms with Crippen LogP contribution in [-0.4, -0.2) is 27.4 Å². The Labute approximate surface area is 868 Å². The van der Waals surface area contributed by atoms with Crippen molar-refractivity contribution in [1.29, 1.82) is 0 Å². The van der Waals surface area contributed by atoms with E-state index in [9.17, 15) is 0 Å². The Morgan fingerprint density at radius 3 is 0.480 bits per heavy atom. The predicted molar refractivity (Wildman–Crippen MR) is 634 cm³/mol. The van der Waals surface area contributed by atoms with Crippen LogP contribution in [0.3, 0.4) is 0 Å². The standard InChI is InChI=1S/3C48H32N2/c1-3-12-33(13-4-1)36-16-11-17-40(30-36)50-46-21-10-8-19-42(46)44-31-37(25-29-47(44)50)35-22-26-39(27-23-35)49-45-20-9-7-18-41(45)43-28-24-38(32-48(43)49)34-14-5-2-6-15-34;1-3-11-33(12-4-1)35-19-25-39(26-20-35)49-46-18-10-8-16-42(46)44-31-37(24-30-47(44)49)36-21-27-40(28-22-36)50-45-17-9-7-15-41(45)43-29-23-38(32-48(43)50)34-13-5-2-6-14-34;1-3-11-33(12-4-1)35-19-25-39(26-20-35)49-46-18-10-8-16-42(46)44-32-38(24-30-48(44)49)36-21-27-40(28-22-36)50-45-17-9-7-15-41(45)43-31-37(23-29-47(43)50)34-13-5-2-6-14-34/h3*1-32H. The number of hydrogen-bond donors (Lipinski definition) is 0. The van der Waals surface area contributed by atoms with Gasteiger partial charge >= 0.3 is 0 Å². The Bertz CT molecular complexity index is 10400. The van der Waals surface area contributed by atoms with Crippen LogP contribution in [0.2, 0.25) is 0 Å². The van der Waals surface area contributed by atoms with Crippen LogP contribution in [0.25, 0.3) is 265 Å². The second-order valence-electron chi connectivity index (χ2n) is 39.0. The highest BCUT2D eigenvalue weighted by Crippen LogP contribution is 2.46. The molecule has 0 aliphatic carbocycles. The first-order valence-corrected chi connectivity index (χ1v) is 51.6. The monoisotopic (exact) mass is 1910 g/mol. The Morgan fingerprint density at radius 1 is 0.0733 bits per heavy atom. The Kier molecular flexibility index (Phi) is 21.9. The van der Waals surface area contributed by atoms with E-state index in [0.29, 0.717) is 0 Å². The van der Waals surface area contributed by atoms with E-state index in [0.717, 1.165) is 34.1 Å². The molecule has 30 aromatic rings. The van der Waals surface area contributed by atoms with E-state index < -0.39 is 0 Å². The highest BCUT2D eigenvalue weighted by molar-refractivity contribution is 6.17. The largest absolute Gasteiger partial charge is 0.309 e. The van der Waals surface area contributed by atoms with Crippen molar-refractivity contribution in [1.82, 2.24) is 27.4 Å². The first-order valence-electron chi connectivity index (χ1n) is 51.6. The average Bonchev–Trinajstić information content (AvgIpc) is 1.60. The first kappa shape index (κ1) is 87.8. The van der Waals surface area contributed by atoms with Crippen LogP contribution in [-0.2, 0) is 0 Å². The molecule has 24 aromatic carbocycles. The van der Waals surface area contributed by atoms with E-state index in [4.69, 9.17) is 0 Å². The first-order chi connectivity index (χ1) is 74.4. The second-order valence-corrected chi connectivity index (χ2v) is 39.0. The van der Waals surface area contributed by atoms with Crippen molar-refractivity contribution < 1.29 is 0 Å². The maximum Gasteiger partial charge on any atom is 0.0547 e. The van der Waals surface area contributed by atoms with E-state index in [-0.39, 0.29) is 0 Å². The smallest absolute Gasteiger partial charge is 0.0547 e. The van der Waals surface area contributed by atoms with Gasteiger partial charge in [-0.15, -0.1) is 0 Å². The van der Waals surface area contributed by atoms with Crippen molar-refractivity contribution in [2.75, 3.05) is 0 Å². The van der Waals surface area contributed by atoms with Crippen LogP contribution < -0.4 is 0 Å². The van der Waals surface area contributed by atoms with Gasteiger partial charge in [-0.3, -0.25) is 0 Å². The van der Waals surface area contributed by atoms with Gasteiger partial charge in [0.15, 0.2) is 0 Å². The molecule has 0 saturated heterocycles. The van der Waals surface area contributed by atoms with Gasteiger partial charge in [-0.1, -0.05) is 413 Å². The molecule has 0 spiro atoms. The third kappa shape index (κ3) is 15.6. The molecule has 0 bridgehead atoms.